The summed E-state index contributed by atoms with van der Waals surface area (Å²) in [6.45, 7) is 10.2. The van der Waals surface area contributed by atoms with Gasteiger partial charge < -0.3 is 9.80 Å². The van der Waals surface area contributed by atoms with E-state index in [4.69, 9.17) is 0 Å². The molecule has 0 spiro atoms. The first-order valence-corrected chi connectivity index (χ1v) is 27.7. The third-order valence-electron chi connectivity index (χ3n) is 18.5. The molecule has 2 nitrogen and oxygen atoms in total. The number of benzene rings is 12. The zero-order chi connectivity index (χ0) is 50.6. The predicted octanol–water partition coefficient (Wildman–Crippen LogP) is 20.0. The van der Waals surface area contributed by atoms with Crippen molar-refractivity contribution in [1.82, 2.24) is 0 Å². The van der Waals surface area contributed by atoms with Gasteiger partial charge in [-0.2, -0.15) is 0 Å². The van der Waals surface area contributed by atoms with E-state index in [9.17, 15) is 0 Å². The van der Waals surface area contributed by atoms with Gasteiger partial charge in [0.25, 0.3) is 0 Å². The first-order chi connectivity index (χ1) is 37.2. The minimum Gasteiger partial charge on any atom is -0.310 e. The molecule has 0 saturated carbocycles. The monoisotopic (exact) mass is 974 g/mol. The summed E-state index contributed by atoms with van der Waals surface area (Å²) in [6.07, 6.45) is 6.81. The maximum absolute atomic E-state index is 2.56. The lowest BCUT2D eigenvalue weighted by Crippen LogP contribution is -2.24. The van der Waals surface area contributed by atoms with Gasteiger partial charge in [-0.15, -0.1) is 0 Å². The van der Waals surface area contributed by atoms with Gasteiger partial charge in [0.15, 0.2) is 0 Å². The van der Waals surface area contributed by atoms with Crippen molar-refractivity contribution >= 4 is 88.0 Å². The number of aryl methyl sites for hydroxylation is 4. The molecular weight excluding hydrogens is 917 g/mol. The summed E-state index contributed by atoms with van der Waals surface area (Å²) in [4.78, 5) is 4.99. The maximum Gasteiger partial charge on any atom is 0.0468 e. The standard InChI is InChI=1S/C74H58N2/c1-73(2)65-43-57(75(53-31-27-45-15-5-9-19-49(45)39-53)54-32-28-46-16-6-10-20-50(46)40-54)35-37-59(65)69-61-23-13-24-62-67(61)68-63(71(69)73)25-14-26-64(68)72-70(62)60-38-36-58(44-66(60)74(72,3)4)76(55-33-29-47-17-7-11-21-51(47)41-55)56-34-30-48-18-8-12-22-52(48)42-56/h5-12,15-22,27-44H,13-14,23-26H2,1-4H3. The number of anilines is 6. The Labute approximate surface area is 445 Å². The number of rotatable bonds is 6. The summed E-state index contributed by atoms with van der Waals surface area (Å²) in [7, 11) is 0. The molecule has 0 N–H and O–H groups in total. The van der Waals surface area contributed by atoms with E-state index in [2.05, 4.69) is 244 Å². The quantitative estimate of drug-likeness (QED) is 0.164. The molecule has 12 aromatic carbocycles. The minimum absolute atomic E-state index is 0.188. The Morgan fingerprint density at radius 1 is 0.289 bits per heavy atom. The molecule has 0 radical (unpaired) electrons. The van der Waals surface area contributed by atoms with Gasteiger partial charge in [-0.1, -0.05) is 161 Å². The second kappa shape index (κ2) is 16.0. The highest BCUT2D eigenvalue weighted by atomic mass is 15.1. The molecule has 0 amide bonds. The lowest BCUT2D eigenvalue weighted by molar-refractivity contribution is 0.632. The van der Waals surface area contributed by atoms with Crippen LogP contribution in [0.2, 0.25) is 0 Å². The predicted molar refractivity (Wildman–Crippen MR) is 323 cm³/mol. The number of nitrogens with zero attached hydrogens (tertiary/aromatic N) is 2. The maximum atomic E-state index is 2.56. The molecule has 0 bridgehead atoms. The van der Waals surface area contributed by atoms with Gasteiger partial charge >= 0.3 is 0 Å². The van der Waals surface area contributed by atoms with Crippen LogP contribution in [0.25, 0.3) is 76.1 Å². The van der Waals surface area contributed by atoms with Gasteiger partial charge in [0.1, 0.15) is 0 Å². The van der Waals surface area contributed by atoms with E-state index < -0.39 is 0 Å². The fraction of sp³-hybridized carbons (Fsp3) is 0.162. The van der Waals surface area contributed by atoms with Crippen LogP contribution in [0.15, 0.2) is 206 Å². The SMILES string of the molecule is CC1(C)c2cc(N(c3ccc4ccccc4c3)c3ccc4ccccc4c3)ccc2-c2c1c1c3c(c4c(c5c3c2CCC5)-c2ccc(N(c3ccc5ccccc5c3)c3ccc5ccccc5c3)cc2C4(C)C)CCC1. The molecule has 0 aliphatic heterocycles. The van der Waals surface area contributed by atoms with Crippen molar-refractivity contribution in [2.75, 3.05) is 9.80 Å². The fourth-order valence-electron chi connectivity index (χ4n) is 15.2. The summed E-state index contributed by atoms with van der Waals surface area (Å²) in [5.74, 6) is 0. The number of hydrogen-bond acceptors (Lipinski definition) is 2. The first-order valence-electron chi connectivity index (χ1n) is 27.7. The van der Waals surface area contributed by atoms with Gasteiger partial charge in [-0.3, -0.25) is 0 Å². The highest BCUT2D eigenvalue weighted by Crippen LogP contribution is 2.62. The fourth-order valence-corrected chi connectivity index (χ4v) is 15.2. The van der Waals surface area contributed by atoms with Crippen LogP contribution in [0.4, 0.5) is 34.1 Å². The summed E-state index contributed by atoms with van der Waals surface area (Å²) in [5.41, 5.74) is 25.2. The van der Waals surface area contributed by atoms with E-state index in [1.807, 2.05) is 0 Å². The molecule has 0 atom stereocenters. The van der Waals surface area contributed by atoms with Gasteiger partial charge in [0.05, 0.1) is 0 Å². The zero-order valence-electron chi connectivity index (χ0n) is 43.8. The van der Waals surface area contributed by atoms with Crippen LogP contribution in [-0.2, 0) is 36.5 Å². The van der Waals surface area contributed by atoms with Gasteiger partial charge in [-0.25, -0.2) is 0 Å². The van der Waals surface area contributed by atoms with Gasteiger partial charge in [0.2, 0.25) is 0 Å². The Kier molecular flexibility index (Phi) is 9.26. The highest BCUT2D eigenvalue weighted by molar-refractivity contribution is 6.10. The normalized spacial score (nSPS) is 15.3. The van der Waals surface area contributed by atoms with Crippen LogP contribution in [-0.4, -0.2) is 0 Å². The Hall–Kier alpha value is -8.46. The molecule has 76 heavy (non-hydrogen) atoms. The van der Waals surface area contributed by atoms with E-state index in [1.165, 1.54) is 106 Å². The molecule has 16 rings (SSSR count). The molecule has 0 unspecified atom stereocenters. The third-order valence-corrected chi connectivity index (χ3v) is 18.5. The van der Waals surface area contributed by atoms with E-state index >= 15 is 0 Å². The molecule has 12 aromatic rings. The van der Waals surface area contributed by atoms with Crippen LogP contribution in [0.1, 0.15) is 85.0 Å². The second-order valence-electron chi connectivity index (χ2n) is 23.4. The Balaban J connectivity index is 0.880. The van der Waals surface area contributed by atoms with Crippen molar-refractivity contribution in [3.63, 3.8) is 0 Å². The Morgan fingerprint density at radius 2 is 0.566 bits per heavy atom. The minimum atomic E-state index is -0.188. The van der Waals surface area contributed by atoms with Gasteiger partial charge in [0, 0.05) is 45.0 Å². The Bertz CT molecular complexity index is 4050. The van der Waals surface area contributed by atoms with Crippen molar-refractivity contribution in [2.24, 2.45) is 0 Å². The molecule has 364 valence electrons. The van der Waals surface area contributed by atoms with Gasteiger partial charge in [-0.05, 0) is 232 Å². The third kappa shape index (κ3) is 6.22. The largest absolute Gasteiger partial charge is 0.310 e. The average Bonchev–Trinajstić information content (AvgIpc) is 4.09. The van der Waals surface area contributed by atoms with E-state index in [0.717, 1.165) is 32.1 Å². The van der Waals surface area contributed by atoms with E-state index in [0.29, 0.717) is 0 Å². The van der Waals surface area contributed by atoms with Crippen molar-refractivity contribution < 1.29 is 0 Å². The Morgan fingerprint density at radius 3 is 0.908 bits per heavy atom. The molecule has 0 aromatic heterocycles. The molecule has 0 fully saturated rings. The van der Waals surface area contributed by atoms with Crippen LogP contribution < -0.4 is 9.80 Å². The van der Waals surface area contributed by atoms with Crippen molar-refractivity contribution in [2.45, 2.75) is 77.0 Å². The lowest BCUT2D eigenvalue weighted by atomic mass is 9.68. The molecule has 0 saturated heterocycles. The van der Waals surface area contributed by atoms with Crippen molar-refractivity contribution in [3.8, 4) is 22.3 Å². The van der Waals surface area contributed by atoms with Crippen molar-refractivity contribution in [1.29, 1.82) is 0 Å². The van der Waals surface area contributed by atoms with Crippen LogP contribution in [0.3, 0.4) is 0 Å². The number of hydrogen-bond donors (Lipinski definition) is 0. The second-order valence-corrected chi connectivity index (χ2v) is 23.4. The van der Waals surface area contributed by atoms with E-state index in [1.54, 1.807) is 55.3 Å². The van der Waals surface area contributed by atoms with Crippen LogP contribution in [0, 0.1) is 0 Å². The topological polar surface area (TPSA) is 6.48 Å². The van der Waals surface area contributed by atoms with Crippen molar-refractivity contribution in [3.05, 3.63) is 251 Å². The van der Waals surface area contributed by atoms with E-state index in [-0.39, 0.29) is 10.8 Å². The lowest BCUT2D eigenvalue weighted by Gasteiger charge is -2.35. The van der Waals surface area contributed by atoms with Crippen LogP contribution in [0.5, 0.6) is 0 Å². The molecule has 4 aliphatic rings. The zero-order valence-corrected chi connectivity index (χ0v) is 43.8. The summed E-state index contributed by atoms with van der Waals surface area (Å²) < 4.78 is 0. The molecule has 0 heterocycles. The molecule has 4 aliphatic carbocycles. The smallest absolute Gasteiger partial charge is 0.0468 e. The summed E-state index contributed by atoms with van der Waals surface area (Å²) in [5, 5.41) is 13.2. The summed E-state index contributed by atoms with van der Waals surface area (Å²) in [6, 6.07) is 77.8. The number of fused-ring (bicyclic) bond motifs is 14. The first kappa shape index (κ1) is 43.9. The van der Waals surface area contributed by atoms with Crippen LogP contribution >= 0.6 is 0 Å². The summed E-state index contributed by atoms with van der Waals surface area (Å²) >= 11 is 0. The average molecular weight is 975 g/mol. The highest BCUT2D eigenvalue weighted by Gasteiger charge is 2.46. The molecule has 2 heteroatoms. The molecular formula is C74H58N2.